The molecule has 86 valence electrons. The molecule has 0 bridgehead atoms. The number of thiazole rings is 1. The summed E-state index contributed by atoms with van der Waals surface area (Å²) in [6.45, 7) is 0. The molecule has 0 aliphatic rings. The molecule has 0 amide bonds. The van der Waals surface area contributed by atoms with E-state index in [0.29, 0.717) is 0 Å². The zero-order chi connectivity index (χ0) is 11.8. The standard InChI is InChI=1S/C11H8N2OS2Se/c1-14-7-3-2-4-8-9(7)10(15)13(17-8)11-12-5-6-16-11/h2-6H,1H3. The van der Waals surface area contributed by atoms with Gasteiger partial charge in [0, 0.05) is 0 Å². The Morgan fingerprint density at radius 1 is 1.47 bits per heavy atom. The Morgan fingerprint density at radius 2 is 2.35 bits per heavy atom. The number of rotatable bonds is 2. The number of nitrogens with zero attached hydrogens (tertiary/aromatic N) is 2. The second kappa shape index (κ2) is 4.38. The molecule has 0 unspecified atom stereocenters. The minimum absolute atomic E-state index is 0.165. The van der Waals surface area contributed by atoms with Crippen molar-refractivity contribution in [3.63, 3.8) is 0 Å². The third kappa shape index (κ3) is 1.77. The molecule has 3 rings (SSSR count). The molecule has 0 saturated carbocycles. The van der Waals surface area contributed by atoms with E-state index in [4.69, 9.17) is 17.0 Å². The summed E-state index contributed by atoms with van der Waals surface area (Å²) in [6.07, 6.45) is 1.80. The first-order valence-electron chi connectivity index (χ1n) is 4.90. The number of fused-ring (bicyclic) bond motifs is 1. The summed E-state index contributed by atoms with van der Waals surface area (Å²) < 4.78 is 9.57. The molecule has 3 aromatic rings. The van der Waals surface area contributed by atoms with Crippen LogP contribution in [0.4, 0.5) is 0 Å². The normalized spacial score (nSPS) is 10.9. The van der Waals surface area contributed by atoms with Gasteiger partial charge < -0.3 is 0 Å². The summed E-state index contributed by atoms with van der Waals surface area (Å²) in [5.41, 5.74) is 0. The van der Waals surface area contributed by atoms with E-state index in [1.54, 1.807) is 24.6 Å². The van der Waals surface area contributed by atoms with Crippen LogP contribution < -0.4 is 4.74 Å². The van der Waals surface area contributed by atoms with E-state index in [2.05, 4.69) is 14.6 Å². The monoisotopic (exact) mass is 328 g/mol. The molecule has 3 nitrogen and oxygen atoms in total. The Bertz CT molecular complexity index is 715. The fourth-order valence-corrected chi connectivity index (χ4v) is 5.30. The summed E-state index contributed by atoms with van der Waals surface area (Å²) in [5, 5.41) is 3.99. The van der Waals surface area contributed by atoms with E-state index in [1.165, 1.54) is 4.26 Å². The van der Waals surface area contributed by atoms with Crippen LogP contribution in [0.1, 0.15) is 0 Å². The predicted octanol–water partition coefficient (Wildman–Crippen LogP) is 2.88. The maximum atomic E-state index is 5.53. The summed E-state index contributed by atoms with van der Waals surface area (Å²) in [6, 6.07) is 6.07. The molecule has 6 heteroatoms. The first-order valence-corrected chi connectivity index (χ1v) is 7.81. The molecule has 0 N–H and O–H groups in total. The van der Waals surface area contributed by atoms with E-state index in [1.807, 2.05) is 17.5 Å². The van der Waals surface area contributed by atoms with Gasteiger partial charge in [-0.2, -0.15) is 0 Å². The van der Waals surface area contributed by atoms with Crippen molar-refractivity contribution in [3.8, 4) is 10.9 Å². The van der Waals surface area contributed by atoms with Crippen LogP contribution in [-0.2, 0) is 0 Å². The van der Waals surface area contributed by atoms with Crippen molar-refractivity contribution in [3.05, 3.63) is 34.4 Å². The molecule has 0 saturated heterocycles. The minimum atomic E-state index is 0.165. The Kier molecular flexibility index (Phi) is 2.88. The topological polar surface area (TPSA) is 27.1 Å². The van der Waals surface area contributed by atoms with Crippen LogP contribution >= 0.6 is 23.6 Å². The Labute approximate surface area is 113 Å². The molecule has 0 fully saturated rings. The number of benzene rings is 1. The molecular formula is C11H8N2OS2Se. The van der Waals surface area contributed by atoms with Gasteiger partial charge in [0.2, 0.25) is 0 Å². The SMILES string of the molecule is COc1cccc2[se]n(-c3nccs3)c(=S)c12. The van der Waals surface area contributed by atoms with Crippen molar-refractivity contribution in [1.29, 1.82) is 0 Å². The average Bonchev–Trinajstić information content (AvgIpc) is 2.97. The second-order valence-corrected chi connectivity index (χ2v) is 6.67. The zero-order valence-corrected chi connectivity index (χ0v) is 12.3. The van der Waals surface area contributed by atoms with Gasteiger partial charge in [0.15, 0.2) is 0 Å². The van der Waals surface area contributed by atoms with Crippen LogP contribution in [0.3, 0.4) is 0 Å². The number of ether oxygens (including phenoxy) is 1. The van der Waals surface area contributed by atoms with Crippen molar-refractivity contribution in [2.45, 2.75) is 0 Å². The summed E-state index contributed by atoms with van der Waals surface area (Å²) >= 11 is 7.30. The van der Waals surface area contributed by atoms with Crippen LogP contribution in [0.5, 0.6) is 5.75 Å². The predicted molar refractivity (Wildman–Crippen MR) is 73.3 cm³/mol. The first kappa shape index (κ1) is 11.2. The van der Waals surface area contributed by atoms with Crippen molar-refractivity contribution in [1.82, 2.24) is 8.55 Å². The van der Waals surface area contributed by atoms with Crippen molar-refractivity contribution in [2.75, 3.05) is 7.11 Å². The Balaban J connectivity index is 2.37. The van der Waals surface area contributed by atoms with Gasteiger partial charge in [-0.1, -0.05) is 0 Å². The van der Waals surface area contributed by atoms with Gasteiger partial charge in [-0.25, -0.2) is 0 Å². The van der Waals surface area contributed by atoms with Crippen LogP contribution in [0.2, 0.25) is 0 Å². The summed E-state index contributed by atoms with van der Waals surface area (Å²) in [5.74, 6) is 0.855. The van der Waals surface area contributed by atoms with E-state index in [0.717, 1.165) is 20.9 Å². The van der Waals surface area contributed by atoms with Gasteiger partial charge in [-0.15, -0.1) is 0 Å². The molecule has 2 heterocycles. The van der Waals surface area contributed by atoms with Crippen molar-refractivity contribution in [2.24, 2.45) is 0 Å². The van der Waals surface area contributed by atoms with Crippen LogP contribution in [0, 0.1) is 4.64 Å². The van der Waals surface area contributed by atoms with Gasteiger partial charge in [-0.3, -0.25) is 0 Å². The molecule has 1 aromatic carbocycles. The first-order chi connectivity index (χ1) is 8.31. The molecule has 0 aliphatic heterocycles. The van der Waals surface area contributed by atoms with Crippen LogP contribution in [0.15, 0.2) is 29.8 Å². The van der Waals surface area contributed by atoms with Gasteiger partial charge in [0.25, 0.3) is 0 Å². The van der Waals surface area contributed by atoms with Gasteiger partial charge in [-0.05, 0) is 0 Å². The number of hydrogen-bond acceptors (Lipinski definition) is 4. The molecule has 0 radical (unpaired) electrons. The Hall–Kier alpha value is -0.941. The molecule has 17 heavy (non-hydrogen) atoms. The van der Waals surface area contributed by atoms with E-state index < -0.39 is 0 Å². The van der Waals surface area contributed by atoms with E-state index >= 15 is 0 Å². The third-order valence-corrected chi connectivity index (χ3v) is 6.31. The molecule has 0 spiro atoms. The van der Waals surface area contributed by atoms with Crippen molar-refractivity contribution >= 4 is 47.9 Å². The van der Waals surface area contributed by atoms with E-state index in [9.17, 15) is 0 Å². The van der Waals surface area contributed by atoms with Crippen LogP contribution in [-0.4, -0.2) is 30.4 Å². The summed E-state index contributed by atoms with van der Waals surface area (Å²) in [7, 11) is 1.68. The zero-order valence-electron chi connectivity index (χ0n) is 8.91. The van der Waals surface area contributed by atoms with Crippen LogP contribution in [0.25, 0.3) is 14.8 Å². The molecular weight excluding hydrogens is 319 g/mol. The summed E-state index contributed by atoms with van der Waals surface area (Å²) in [4.78, 5) is 4.32. The fourth-order valence-electron chi connectivity index (χ4n) is 1.65. The Morgan fingerprint density at radius 3 is 3.06 bits per heavy atom. The molecule has 0 atom stereocenters. The number of hydrogen-bond donors (Lipinski definition) is 0. The molecule has 2 aromatic heterocycles. The fraction of sp³-hybridized carbons (Fsp3) is 0.0909. The molecule has 0 aliphatic carbocycles. The number of methoxy groups -OCH3 is 1. The maximum absolute atomic E-state index is 5.53. The van der Waals surface area contributed by atoms with Gasteiger partial charge in [0.05, 0.1) is 0 Å². The second-order valence-electron chi connectivity index (χ2n) is 3.34. The van der Waals surface area contributed by atoms with Gasteiger partial charge >= 0.3 is 114 Å². The quantitative estimate of drug-likeness (QED) is 0.535. The van der Waals surface area contributed by atoms with Gasteiger partial charge in [0.1, 0.15) is 0 Å². The number of aromatic nitrogens is 2. The average molecular weight is 327 g/mol. The van der Waals surface area contributed by atoms with E-state index in [-0.39, 0.29) is 14.7 Å². The third-order valence-electron chi connectivity index (χ3n) is 2.39. The van der Waals surface area contributed by atoms with Crippen molar-refractivity contribution < 1.29 is 4.74 Å².